The van der Waals surface area contributed by atoms with Crippen molar-refractivity contribution in [2.24, 2.45) is 0 Å². The number of benzene rings is 1. The van der Waals surface area contributed by atoms with Gasteiger partial charge in [0.1, 0.15) is 0 Å². The summed E-state index contributed by atoms with van der Waals surface area (Å²) in [5, 5.41) is 16.8. The fourth-order valence-electron chi connectivity index (χ4n) is 3.42. The van der Waals surface area contributed by atoms with Crippen LogP contribution in [0.15, 0.2) is 46.9 Å². The van der Waals surface area contributed by atoms with E-state index in [1.807, 2.05) is 24.4 Å². The number of hydrogen-bond donors (Lipinski definition) is 2. The van der Waals surface area contributed by atoms with Gasteiger partial charge in [0.15, 0.2) is 11.0 Å². The molecule has 1 aliphatic rings. The third kappa shape index (κ3) is 5.56. The second-order valence-corrected chi connectivity index (χ2v) is 9.79. The molecule has 2 unspecified atom stereocenters. The van der Waals surface area contributed by atoms with Crippen LogP contribution in [0.2, 0.25) is 0 Å². The van der Waals surface area contributed by atoms with Crippen molar-refractivity contribution in [3.05, 3.63) is 41.8 Å². The number of carbonyl (C=O) groups excluding carboxylic acids is 2. The van der Waals surface area contributed by atoms with Gasteiger partial charge in [-0.05, 0) is 55.5 Å². The molecule has 1 saturated heterocycles. The summed E-state index contributed by atoms with van der Waals surface area (Å²) in [6, 6.07) is 11.0. The Balaban J connectivity index is 1.45. The molecule has 2 aromatic heterocycles. The fraction of sp³-hybridized carbons (Fsp3) is 0.364. The molecule has 0 radical (unpaired) electrons. The number of thioether (sulfide) groups is 1. The van der Waals surface area contributed by atoms with Crippen LogP contribution in [-0.2, 0) is 20.9 Å². The fourth-order valence-corrected chi connectivity index (χ4v) is 4.99. The molecule has 168 valence electrons. The highest BCUT2D eigenvalue weighted by Crippen LogP contribution is 2.31. The van der Waals surface area contributed by atoms with Crippen molar-refractivity contribution in [1.29, 1.82) is 0 Å². The van der Waals surface area contributed by atoms with Gasteiger partial charge in [-0.15, -0.1) is 21.5 Å². The first kappa shape index (κ1) is 22.5. The van der Waals surface area contributed by atoms with Gasteiger partial charge in [0.2, 0.25) is 11.8 Å². The second kappa shape index (κ2) is 10.3. The number of carbonyl (C=O) groups is 2. The van der Waals surface area contributed by atoms with Gasteiger partial charge >= 0.3 is 0 Å². The topological polar surface area (TPSA) is 98.1 Å². The van der Waals surface area contributed by atoms with Gasteiger partial charge in [0, 0.05) is 24.9 Å². The molecule has 0 spiro atoms. The quantitative estimate of drug-likeness (QED) is 0.476. The number of thiophene rings is 1. The van der Waals surface area contributed by atoms with E-state index in [9.17, 15) is 9.59 Å². The average molecular weight is 472 g/mol. The van der Waals surface area contributed by atoms with Crippen LogP contribution in [-0.4, -0.2) is 44.5 Å². The van der Waals surface area contributed by atoms with Crippen LogP contribution >= 0.6 is 23.1 Å². The standard InChI is InChI=1S/C22H25N5O3S2/c1-14(21(29)24-17-9-7-16(8-10-17)23-15(2)28)32-22-26-25-20(19-6-4-12-31-19)27(22)13-18-5-3-11-30-18/h4,6-10,12,14,18H,3,5,11,13H2,1-2H3,(H,23,28)(H,24,29). The van der Waals surface area contributed by atoms with Crippen LogP contribution in [0.1, 0.15) is 26.7 Å². The number of anilines is 2. The van der Waals surface area contributed by atoms with Crippen molar-refractivity contribution in [1.82, 2.24) is 14.8 Å². The summed E-state index contributed by atoms with van der Waals surface area (Å²) in [5.74, 6) is 0.534. The highest BCUT2D eigenvalue weighted by molar-refractivity contribution is 8.00. The lowest BCUT2D eigenvalue weighted by molar-refractivity contribution is -0.115. The van der Waals surface area contributed by atoms with Crippen LogP contribution < -0.4 is 10.6 Å². The Morgan fingerprint density at radius 1 is 1.22 bits per heavy atom. The third-order valence-electron chi connectivity index (χ3n) is 4.99. The Morgan fingerprint density at radius 3 is 2.59 bits per heavy atom. The number of rotatable bonds is 8. The van der Waals surface area contributed by atoms with E-state index in [4.69, 9.17) is 4.74 Å². The van der Waals surface area contributed by atoms with Gasteiger partial charge in [0.25, 0.3) is 0 Å². The summed E-state index contributed by atoms with van der Waals surface area (Å²) in [5.41, 5.74) is 1.35. The summed E-state index contributed by atoms with van der Waals surface area (Å²) in [6.45, 7) is 4.75. The first-order valence-electron chi connectivity index (χ1n) is 10.4. The van der Waals surface area contributed by atoms with E-state index < -0.39 is 0 Å². The van der Waals surface area contributed by atoms with Gasteiger partial charge in [-0.25, -0.2) is 0 Å². The zero-order valence-corrected chi connectivity index (χ0v) is 19.5. The molecule has 8 nitrogen and oxygen atoms in total. The average Bonchev–Trinajstić information content (AvgIpc) is 3.52. The summed E-state index contributed by atoms with van der Waals surface area (Å²) in [6.07, 6.45) is 2.20. The lowest BCUT2D eigenvalue weighted by Gasteiger charge is -2.16. The monoisotopic (exact) mass is 471 g/mol. The molecular weight excluding hydrogens is 446 g/mol. The number of amides is 2. The van der Waals surface area contributed by atoms with E-state index in [1.165, 1.54) is 18.7 Å². The molecule has 3 heterocycles. The lowest BCUT2D eigenvalue weighted by Crippen LogP contribution is -2.23. The van der Waals surface area contributed by atoms with Crippen molar-refractivity contribution < 1.29 is 14.3 Å². The minimum atomic E-state index is -0.381. The number of nitrogens with zero attached hydrogens (tertiary/aromatic N) is 3. The van der Waals surface area contributed by atoms with Crippen LogP contribution in [0.3, 0.4) is 0 Å². The molecule has 1 fully saturated rings. The molecule has 3 aromatic rings. The van der Waals surface area contributed by atoms with Gasteiger partial charge in [-0.2, -0.15) is 0 Å². The molecule has 2 amide bonds. The van der Waals surface area contributed by atoms with Crippen molar-refractivity contribution >= 4 is 46.3 Å². The number of hydrogen-bond acceptors (Lipinski definition) is 7. The number of ether oxygens (including phenoxy) is 1. The van der Waals surface area contributed by atoms with Crippen LogP contribution in [0.5, 0.6) is 0 Å². The Hall–Kier alpha value is -2.69. The maximum Gasteiger partial charge on any atom is 0.237 e. The number of nitrogens with one attached hydrogen (secondary N) is 2. The predicted octanol–water partition coefficient (Wildman–Crippen LogP) is 4.26. The van der Waals surface area contributed by atoms with Crippen LogP contribution in [0, 0.1) is 0 Å². The van der Waals surface area contributed by atoms with Crippen molar-refractivity contribution in [2.45, 2.75) is 49.7 Å². The second-order valence-electron chi connectivity index (χ2n) is 7.54. The summed E-state index contributed by atoms with van der Waals surface area (Å²) in [4.78, 5) is 25.0. The largest absolute Gasteiger partial charge is 0.376 e. The molecular formula is C22H25N5O3S2. The predicted molar refractivity (Wildman–Crippen MR) is 127 cm³/mol. The molecule has 0 saturated carbocycles. The first-order chi connectivity index (χ1) is 15.5. The first-order valence-corrected chi connectivity index (χ1v) is 12.2. The lowest BCUT2D eigenvalue weighted by atomic mass is 10.2. The van der Waals surface area contributed by atoms with Gasteiger partial charge in [-0.3, -0.25) is 14.2 Å². The minimum Gasteiger partial charge on any atom is -0.376 e. The van der Waals surface area contributed by atoms with Gasteiger partial charge < -0.3 is 15.4 Å². The Bertz CT molecular complexity index is 1060. The van der Waals surface area contributed by atoms with E-state index in [0.717, 1.165) is 30.2 Å². The van der Waals surface area contributed by atoms with Crippen molar-refractivity contribution in [3.8, 4) is 10.7 Å². The molecule has 0 bridgehead atoms. The number of aromatic nitrogens is 3. The SMILES string of the molecule is CC(=O)Nc1ccc(NC(=O)C(C)Sc2nnc(-c3cccs3)n2CC2CCCO2)cc1. The molecule has 2 N–H and O–H groups in total. The van der Waals surface area contributed by atoms with Crippen LogP contribution in [0.4, 0.5) is 11.4 Å². The molecule has 0 aliphatic carbocycles. The molecule has 1 aromatic carbocycles. The van der Waals surface area contributed by atoms with E-state index in [-0.39, 0.29) is 23.2 Å². The zero-order valence-electron chi connectivity index (χ0n) is 17.9. The zero-order chi connectivity index (χ0) is 22.5. The van der Waals surface area contributed by atoms with Crippen LogP contribution in [0.25, 0.3) is 10.7 Å². The highest BCUT2D eigenvalue weighted by Gasteiger charge is 2.25. The van der Waals surface area contributed by atoms with E-state index in [2.05, 4.69) is 25.4 Å². The van der Waals surface area contributed by atoms with Gasteiger partial charge in [0.05, 0.1) is 22.8 Å². The van der Waals surface area contributed by atoms with E-state index >= 15 is 0 Å². The molecule has 2 atom stereocenters. The Labute approximate surface area is 194 Å². The normalized spacial score (nSPS) is 16.6. The molecule has 1 aliphatic heterocycles. The Kier molecular flexibility index (Phi) is 7.23. The van der Waals surface area contributed by atoms with Crippen molar-refractivity contribution in [3.63, 3.8) is 0 Å². The maximum atomic E-state index is 12.8. The summed E-state index contributed by atoms with van der Waals surface area (Å²) >= 11 is 2.99. The maximum absolute atomic E-state index is 12.8. The van der Waals surface area contributed by atoms with Crippen molar-refractivity contribution in [2.75, 3.05) is 17.2 Å². The highest BCUT2D eigenvalue weighted by atomic mass is 32.2. The third-order valence-corrected chi connectivity index (χ3v) is 6.94. The molecule has 10 heteroatoms. The van der Waals surface area contributed by atoms with E-state index in [1.54, 1.807) is 35.6 Å². The van der Waals surface area contributed by atoms with Gasteiger partial charge in [-0.1, -0.05) is 17.8 Å². The summed E-state index contributed by atoms with van der Waals surface area (Å²) < 4.78 is 7.90. The molecule has 4 rings (SSSR count). The minimum absolute atomic E-state index is 0.133. The smallest absolute Gasteiger partial charge is 0.237 e. The Morgan fingerprint density at radius 2 is 1.97 bits per heavy atom. The summed E-state index contributed by atoms with van der Waals surface area (Å²) in [7, 11) is 0. The van der Waals surface area contributed by atoms with E-state index in [0.29, 0.717) is 23.1 Å². The molecule has 32 heavy (non-hydrogen) atoms.